The van der Waals surface area contributed by atoms with Crippen molar-refractivity contribution in [3.63, 3.8) is 0 Å². The molecule has 0 unspecified atom stereocenters. The maximum atomic E-state index is 3.62. The van der Waals surface area contributed by atoms with Crippen molar-refractivity contribution in [3.8, 4) is 11.1 Å². The van der Waals surface area contributed by atoms with Crippen LogP contribution in [-0.2, 0) is 0 Å². The molecule has 0 aliphatic rings. The highest BCUT2D eigenvalue weighted by atomic mass is 79.9. The molecular formula is C12H4Br6. The van der Waals surface area contributed by atoms with E-state index >= 15 is 0 Å². The number of rotatable bonds is 1. The van der Waals surface area contributed by atoms with Gasteiger partial charge in [0.05, 0.1) is 0 Å². The molecule has 0 N–H and O–H groups in total. The molecular weight excluding hydrogens is 624 g/mol. The van der Waals surface area contributed by atoms with Gasteiger partial charge in [0.1, 0.15) is 0 Å². The number of halogens is 6. The summed E-state index contributed by atoms with van der Waals surface area (Å²) in [6, 6.07) is 8.12. The van der Waals surface area contributed by atoms with Crippen LogP contribution in [0.4, 0.5) is 0 Å². The Hall–Kier alpha value is 1.32. The van der Waals surface area contributed by atoms with Gasteiger partial charge >= 0.3 is 0 Å². The highest BCUT2D eigenvalue weighted by Gasteiger charge is 2.15. The largest absolute Gasteiger partial charge is 0.0501 e. The lowest BCUT2D eigenvalue weighted by Gasteiger charge is -2.12. The van der Waals surface area contributed by atoms with Crippen molar-refractivity contribution in [2.24, 2.45) is 0 Å². The summed E-state index contributed by atoms with van der Waals surface area (Å²) in [5.41, 5.74) is 2.20. The SMILES string of the molecule is Brc1cc(Br)c(-c2c(Br)ccc(Br)c2Br)cc1Br. The molecule has 0 saturated heterocycles. The Bertz CT molecular complexity index is 620. The molecule has 0 atom stereocenters. The first kappa shape index (κ1) is 15.7. The predicted molar refractivity (Wildman–Crippen MR) is 98.1 cm³/mol. The minimum absolute atomic E-state index is 1.01. The predicted octanol–water partition coefficient (Wildman–Crippen LogP) is 7.93. The smallest absolute Gasteiger partial charge is 0.0407 e. The Labute approximate surface area is 156 Å². The van der Waals surface area contributed by atoms with Crippen LogP contribution >= 0.6 is 95.6 Å². The van der Waals surface area contributed by atoms with Crippen molar-refractivity contribution >= 4 is 95.6 Å². The van der Waals surface area contributed by atoms with Crippen LogP contribution in [0.15, 0.2) is 51.1 Å². The summed E-state index contributed by atoms with van der Waals surface area (Å²) in [5, 5.41) is 0. The Morgan fingerprint density at radius 3 is 1.78 bits per heavy atom. The molecule has 0 aliphatic carbocycles. The van der Waals surface area contributed by atoms with Crippen LogP contribution in [-0.4, -0.2) is 0 Å². The van der Waals surface area contributed by atoms with Gasteiger partial charge in [-0.2, -0.15) is 0 Å². The second-order valence-electron chi connectivity index (χ2n) is 3.46. The normalized spacial score (nSPS) is 10.8. The molecule has 0 aliphatic heterocycles. The van der Waals surface area contributed by atoms with Gasteiger partial charge in [-0.25, -0.2) is 0 Å². The van der Waals surface area contributed by atoms with E-state index < -0.39 is 0 Å². The van der Waals surface area contributed by atoms with Gasteiger partial charge in [-0.15, -0.1) is 0 Å². The summed E-state index contributed by atoms with van der Waals surface area (Å²) in [5.74, 6) is 0. The first-order valence-corrected chi connectivity index (χ1v) is 9.46. The van der Waals surface area contributed by atoms with Crippen LogP contribution in [0.3, 0.4) is 0 Å². The molecule has 0 saturated carbocycles. The lowest BCUT2D eigenvalue weighted by atomic mass is 10.1. The van der Waals surface area contributed by atoms with E-state index in [9.17, 15) is 0 Å². The zero-order valence-electron chi connectivity index (χ0n) is 8.58. The zero-order valence-corrected chi connectivity index (χ0v) is 18.1. The van der Waals surface area contributed by atoms with E-state index in [0.29, 0.717) is 0 Å². The van der Waals surface area contributed by atoms with Gasteiger partial charge in [-0.3, -0.25) is 0 Å². The molecule has 0 radical (unpaired) electrons. The molecule has 0 amide bonds. The van der Waals surface area contributed by atoms with Gasteiger partial charge in [-0.05, 0) is 93.5 Å². The summed E-state index contributed by atoms with van der Waals surface area (Å²) >= 11 is 21.4. The van der Waals surface area contributed by atoms with Crippen LogP contribution < -0.4 is 0 Å². The van der Waals surface area contributed by atoms with Gasteiger partial charge in [0.2, 0.25) is 0 Å². The maximum Gasteiger partial charge on any atom is 0.0407 e. The molecule has 2 aromatic rings. The molecule has 0 heterocycles. The van der Waals surface area contributed by atoms with Gasteiger partial charge in [0.15, 0.2) is 0 Å². The average molecular weight is 628 g/mol. The highest BCUT2D eigenvalue weighted by molar-refractivity contribution is 9.13. The van der Waals surface area contributed by atoms with Crippen molar-refractivity contribution in [2.45, 2.75) is 0 Å². The van der Waals surface area contributed by atoms with Crippen molar-refractivity contribution in [3.05, 3.63) is 51.1 Å². The minimum atomic E-state index is 1.01. The Morgan fingerprint density at radius 1 is 0.556 bits per heavy atom. The van der Waals surface area contributed by atoms with Crippen molar-refractivity contribution in [1.29, 1.82) is 0 Å². The standard InChI is InChI=1S/C12H4Br6/c13-6-1-2-7(14)12(18)11(6)5-3-9(16)10(17)4-8(5)15/h1-4H. The van der Waals surface area contributed by atoms with Gasteiger partial charge in [-0.1, -0.05) is 31.9 Å². The van der Waals surface area contributed by atoms with Crippen LogP contribution in [0.1, 0.15) is 0 Å². The lowest BCUT2D eigenvalue weighted by molar-refractivity contribution is 1.47. The summed E-state index contributed by atoms with van der Waals surface area (Å²) < 4.78 is 6.13. The highest BCUT2D eigenvalue weighted by Crippen LogP contribution is 2.44. The summed E-state index contributed by atoms with van der Waals surface area (Å²) in [7, 11) is 0. The number of benzene rings is 2. The lowest BCUT2D eigenvalue weighted by Crippen LogP contribution is -1.86. The van der Waals surface area contributed by atoms with Crippen LogP contribution in [0.25, 0.3) is 11.1 Å². The van der Waals surface area contributed by atoms with E-state index in [1.165, 1.54) is 0 Å². The van der Waals surface area contributed by atoms with Crippen molar-refractivity contribution in [1.82, 2.24) is 0 Å². The van der Waals surface area contributed by atoms with Gasteiger partial charge in [0.25, 0.3) is 0 Å². The van der Waals surface area contributed by atoms with E-state index in [2.05, 4.69) is 102 Å². The van der Waals surface area contributed by atoms with Crippen LogP contribution in [0.5, 0.6) is 0 Å². The molecule has 2 rings (SSSR count). The van der Waals surface area contributed by atoms with Crippen molar-refractivity contribution < 1.29 is 0 Å². The maximum absolute atomic E-state index is 3.62. The van der Waals surface area contributed by atoms with E-state index in [1.54, 1.807) is 0 Å². The molecule has 6 heteroatoms. The molecule has 18 heavy (non-hydrogen) atoms. The fourth-order valence-corrected chi connectivity index (χ4v) is 4.72. The molecule has 94 valence electrons. The second-order valence-corrected chi connectivity index (χ2v) is 8.53. The minimum Gasteiger partial charge on any atom is -0.0501 e. The van der Waals surface area contributed by atoms with E-state index in [-0.39, 0.29) is 0 Å². The first-order chi connectivity index (χ1) is 8.41. The third kappa shape index (κ3) is 3.14. The van der Waals surface area contributed by atoms with E-state index in [0.717, 1.165) is 38.0 Å². The Morgan fingerprint density at radius 2 is 1.11 bits per heavy atom. The molecule has 0 fully saturated rings. The number of hydrogen-bond acceptors (Lipinski definition) is 0. The first-order valence-electron chi connectivity index (χ1n) is 4.70. The third-order valence-corrected chi connectivity index (χ3v) is 7.50. The molecule has 0 nitrogen and oxygen atoms in total. The Kier molecular flexibility index (Phi) is 5.58. The molecule has 0 spiro atoms. The van der Waals surface area contributed by atoms with Crippen LogP contribution in [0.2, 0.25) is 0 Å². The summed E-state index contributed by atoms with van der Waals surface area (Å²) in [6.07, 6.45) is 0. The summed E-state index contributed by atoms with van der Waals surface area (Å²) in [6.45, 7) is 0. The van der Waals surface area contributed by atoms with Gasteiger partial charge < -0.3 is 0 Å². The summed E-state index contributed by atoms with van der Waals surface area (Å²) in [4.78, 5) is 0. The van der Waals surface area contributed by atoms with Crippen molar-refractivity contribution in [2.75, 3.05) is 0 Å². The van der Waals surface area contributed by atoms with E-state index in [4.69, 9.17) is 0 Å². The van der Waals surface area contributed by atoms with Crippen LogP contribution in [0, 0.1) is 0 Å². The monoisotopic (exact) mass is 622 g/mol. The third-order valence-electron chi connectivity index (χ3n) is 2.32. The fourth-order valence-electron chi connectivity index (χ4n) is 1.49. The number of hydrogen-bond donors (Lipinski definition) is 0. The fraction of sp³-hybridized carbons (Fsp3) is 0. The van der Waals surface area contributed by atoms with Gasteiger partial charge in [0, 0.05) is 32.4 Å². The molecule has 2 aromatic carbocycles. The molecule has 0 aromatic heterocycles. The topological polar surface area (TPSA) is 0 Å². The second kappa shape index (κ2) is 6.39. The molecule has 0 bridgehead atoms. The Balaban J connectivity index is 2.77. The van der Waals surface area contributed by atoms with E-state index in [1.807, 2.05) is 18.2 Å². The zero-order chi connectivity index (χ0) is 13.4. The quantitative estimate of drug-likeness (QED) is 0.282. The average Bonchev–Trinajstić information content (AvgIpc) is 2.31.